The van der Waals surface area contributed by atoms with E-state index in [2.05, 4.69) is 10.1 Å². The molecule has 7 nitrogen and oxygen atoms in total. The summed E-state index contributed by atoms with van der Waals surface area (Å²) in [5.41, 5.74) is 2.70. The number of aromatic nitrogens is 3. The van der Waals surface area contributed by atoms with Crippen molar-refractivity contribution in [1.82, 2.24) is 14.8 Å². The van der Waals surface area contributed by atoms with Crippen molar-refractivity contribution in [3.05, 3.63) is 70.8 Å². The molecule has 4 rings (SSSR count). The maximum atomic E-state index is 12.6. The van der Waals surface area contributed by atoms with Crippen LogP contribution in [0.5, 0.6) is 5.75 Å². The summed E-state index contributed by atoms with van der Waals surface area (Å²) in [4.78, 5) is 30.7. The standard InChI is InChI=1S/C20H18N4O3/c1-27-16-8-6-14(7-9-16)17-12-21-24(20(26)22-17)13-19(25)23-11-10-15-4-2-3-5-18(15)23/h2-9,12H,10-11,13H2,1H3. The summed E-state index contributed by atoms with van der Waals surface area (Å²) in [7, 11) is 1.59. The van der Waals surface area contributed by atoms with Gasteiger partial charge in [-0.15, -0.1) is 0 Å². The molecule has 7 heteroatoms. The lowest BCUT2D eigenvalue weighted by Crippen LogP contribution is -2.37. The highest BCUT2D eigenvalue weighted by atomic mass is 16.5. The Kier molecular flexibility index (Phi) is 4.42. The molecule has 0 saturated heterocycles. The van der Waals surface area contributed by atoms with Crippen molar-refractivity contribution in [3.8, 4) is 17.0 Å². The molecule has 2 aromatic carbocycles. The lowest BCUT2D eigenvalue weighted by molar-refractivity contribution is -0.119. The molecule has 1 aromatic heterocycles. The van der Waals surface area contributed by atoms with Gasteiger partial charge < -0.3 is 9.64 Å². The van der Waals surface area contributed by atoms with Crippen LogP contribution in [0.1, 0.15) is 5.56 Å². The third kappa shape index (κ3) is 3.31. The summed E-state index contributed by atoms with van der Waals surface area (Å²) in [6.45, 7) is 0.480. The number of fused-ring (bicyclic) bond motifs is 1. The normalized spacial score (nSPS) is 12.7. The second-order valence-electron chi connectivity index (χ2n) is 6.23. The van der Waals surface area contributed by atoms with Gasteiger partial charge >= 0.3 is 5.69 Å². The molecule has 0 N–H and O–H groups in total. The van der Waals surface area contributed by atoms with Gasteiger partial charge in [0.25, 0.3) is 0 Å². The Balaban J connectivity index is 1.53. The first-order valence-electron chi connectivity index (χ1n) is 8.62. The zero-order chi connectivity index (χ0) is 18.8. The van der Waals surface area contributed by atoms with E-state index in [0.29, 0.717) is 12.2 Å². The number of ether oxygens (including phenoxy) is 1. The van der Waals surface area contributed by atoms with Gasteiger partial charge in [-0.05, 0) is 42.3 Å². The molecule has 136 valence electrons. The van der Waals surface area contributed by atoms with Gasteiger partial charge in [0.1, 0.15) is 12.3 Å². The van der Waals surface area contributed by atoms with Crippen molar-refractivity contribution in [2.75, 3.05) is 18.6 Å². The predicted octanol–water partition coefficient (Wildman–Crippen LogP) is 1.90. The number of carbonyl (C=O) groups excluding carboxylic acids is 1. The van der Waals surface area contributed by atoms with E-state index in [1.807, 2.05) is 24.3 Å². The molecule has 0 unspecified atom stereocenters. The van der Waals surface area contributed by atoms with E-state index in [1.165, 1.54) is 6.20 Å². The number of nitrogens with zero attached hydrogens (tertiary/aromatic N) is 4. The van der Waals surface area contributed by atoms with E-state index in [0.717, 1.165) is 33.7 Å². The van der Waals surface area contributed by atoms with Crippen molar-refractivity contribution in [2.24, 2.45) is 0 Å². The summed E-state index contributed by atoms with van der Waals surface area (Å²) in [5.74, 6) is 0.546. The van der Waals surface area contributed by atoms with Crippen LogP contribution in [0.4, 0.5) is 5.69 Å². The highest BCUT2D eigenvalue weighted by molar-refractivity contribution is 5.95. The highest BCUT2D eigenvalue weighted by Crippen LogP contribution is 2.27. The minimum absolute atomic E-state index is 0.136. The summed E-state index contributed by atoms with van der Waals surface area (Å²) >= 11 is 0. The minimum atomic E-state index is -0.552. The van der Waals surface area contributed by atoms with Crippen molar-refractivity contribution in [3.63, 3.8) is 0 Å². The molecule has 0 fully saturated rings. The van der Waals surface area contributed by atoms with Gasteiger partial charge in [0, 0.05) is 17.8 Å². The first-order valence-corrected chi connectivity index (χ1v) is 8.62. The molecule has 0 spiro atoms. The zero-order valence-corrected chi connectivity index (χ0v) is 14.8. The van der Waals surface area contributed by atoms with Gasteiger partial charge in [0.2, 0.25) is 5.91 Å². The number of para-hydroxylation sites is 1. The number of benzene rings is 2. The smallest absolute Gasteiger partial charge is 0.365 e. The second kappa shape index (κ2) is 7.03. The number of rotatable bonds is 4. The largest absolute Gasteiger partial charge is 0.497 e. The fourth-order valence-electron chi connectivity index (χ4n) is 3.18. The minimum Gasteiger partial charge on any atom is -0.497 e. The lowest BCUT2D eigenvalue weighted by Gasteiger charge is -2.17. The second-order valence-corrected chi connectivity index (χ2v) is 6.23. The van der Waals surface area contributed by atoms with E-state index in [9.17, 15) is 9.59 Å². The third-order valence-corrected chi connectivity index (χ3v) is 4.62. The molecule has 1 aliphatic rings. The molecular weight excluding hydrogens is 344 g/mol. The highest BCUT2D eigenvalue weighted by Gasteiger charge is 2.24. The van der Waals surface area contributed by atoms with Crippen LogP contribution < -0.4 is 15.3 Å². The molecule has 27 heavy (non-hydrogen) atoms. The SMILES string of the molecule is COc1ccc(-c2cnn(CC(=O)N3CCc4ccccc43)c(=O)n2)cc1. The number of hydrogen-bond acceptors (Lipinski definition) is 5. The fraction of sp³-hybridized carbons (Fsp3) is 0.200. The van der Waals surface area contributed by atoms with Crippen molar-refractivity contribution in [2.45, 2.75) is 13.0 Å². The maximum absolute atomic E-state index is 12.6. The summed E-state index contributed by atoms with van der Waals surface area (Å²) < 4.78 is 6.21. The average Bonchev–Trinajstić information content (AvgIpc) is 3.14. The Labute approximate surface area is 155 Å². The summed E-state index contributed by atoms with van der Waals surface area (Å²) in [6.07, 6.45) is 2.31. The monoisotopic (exact) mass is 362 g/mol. The fourth-order valence-corrected chi connectivity index (χ4v) is 3.18. The van der Waals surface area contributed by atoms with Gasteiger partial charge in [-0.2, -0.15) is 10.1 Å². The first kappa shape index (κ1) is 17.0. The van der Waals surface area contributed by atoms with Gasteiger partial charge in [-0.25, -0.2) is 9.48 Å². The number of anilines is 1. The lowest BCUT2D eigenvalue weighted by atomic mass is 10.1. The third-order valence-electron chi connectivity index (χ3n) is 4.62. The molecule has 2 heterocycles. The van der Waals surface area contributed by atoms with Crippen LogP contribution in [-0.2, 0) is 17.8 Å². The molecular formula is C20H18N4O3. The van der Waals surface area contributed by atoms with Gasteiger partial charge in [-0.3, -0.25) is 4.79 Å². The first-order chi connectivity index (χ1) is 13.2. The van der Waals surface area contributed by atoms with E-state index in [1.54, 1.807) is 36.3 Å². The van der Waals surface area contributed by atoms with Crippen LogP contribution in [0.25, 0.3) is 11.3 Å². The molecule has 1 amide bonds. The summed E-state index contributed by atoms with van der Waals surface area (Å²) in [6, 6.07) is 15.0. The average molecular weight is 362 g/mol. The van der Waals surface area contributed by atoms with Gasteiger partial charge in [-0.1, -0.05) is 18.2 Å². The van der Waals surface area contributed by atoms with Crippen LogP contribution in [0.15, 0.2) is 59.5 Å². The van der Waals surface area contributed by atoms with Crippen LogP contribution in [-0.4, -0.2) is 34.3 Å². The molecule has 0 radical (unpaired) electrons. The number of hydrogen-bond donors (Lipinski definition) is 0. The van der Waals surface area contributed by atoms with E-state index in [-0.39, 0.29) is 12.5 Å². The Bertz CT molecular complexity index is 1040. The number of amides is 1. The van der Waals surface area contributed by atoms with Crippen LogP contribution in [0.3, 0.4) is 0 Å². The van der Waals surface area contributed by atoms with Crippen molar-refractivity contribution >= 4 is 11.6 Å². The topological polar surface area (TPSA) is 77.3 Å². The van der Waals surface area contributed by atoms with Crippen molar-refractivity contribution < 1.29 is 9.53 Å². The zero-order valence-electron chi connectivity index (χ0n) is 14.8. The Morgan fingerprint density at radius 3 is 2.67 bits per heavy atom. The van der Waals surface area contributed by atoms with Crippen LogP contribution >= 0.6 is 0 Å². The van der Waals surface area contributed by atoms with Gasteiger partial charge in [0.05, 0.1) is 19.0 Å². The maximum Gasteiger partial charge on any atom is 0.365 e. The van der Waals surface area contributed by atoms with E-state index < -0.39 is 5.69 Å². The van der Waals surface area contributed by atoms with E-state index in [4.69, 9.17) is 4.74 Å². The molecule has 0 saturated carbocycles. The molecule has 0 aliphatic carbocycles. The summed E-state index contributed by atoms with van der Waals surface area (Å²) in [5, 5.41) is 4.13. The molecule has 0 bridgehead atoms. The molecule has 1 aliphatic heterocycles. The predicted molar refractivity (Wildman–Crippen MR) is 101 cm³/mol. The van der Waals surface area contributed by atoms with E-state index >= 15 is 0 Å². The Hall–Kier alpha value is -3.48. The van der Waals surface area contributed by atoms with Gasteiger partial charge in [0.15, 0.2) is 0 Å². The number of carbonyl (C=O) groups is 1. The molecule has 0 atom stereocenters. The molecule has 3 aromatic rings. The Morgan fingerprint density at radius 2 is 1.93 bits per heavy atom. The van der Waals surface area contributed by atoms with Crippen LogP contribution in [0.2, 0.25) is 0 Å². The Morgan fingerprint density at radius 1 is 1.15 bits per heavy atom. The quantitative estimate of drug-likeness (QED) is 0.708. The van der Waals surface area contributed by atoms with Crippen LogP contribution in [0, 0.1) is 0 Å². The van der Waals surface area contributed by atoms with Crippen molar-refractivity contribution in [1.29, 1.82) is 0 Å². The number of methoxy groups -OCH3 is 1.